The van der Waals surface area contributed by atoms with E-state index in [2.05, 4.69) is 57.2 Å². The van der Waals surface area contributed by atoms with E-state index in [1.54, 1.807) is 18.6 Å². The third-order valence-corrected chi connectivity index (χ3v) is 5.96. The number of carbonyl (C=O) groups is 1. The molecule has 0 aliphatic carbocycles. The molecule has 3 heterocycles. The average Bonchev–Trinajstić information content (AvgIpc) is 3.19. The van der Waals surface area contributed by atoms with E-state index in [4.69, 9.17) is 0 Å². The van der Waals surface area contributed by atoms with Crippen LogP contribution in [0.25, 0.3) is 11.3 Å². The summed E-state index contributed by atoms with van der Waals surface area (Å²) in [5.41, 5.74) is 4.47. The molecule has 1 amide bonds. The second-order valence-electron chi connectivity index (χ2n) is 7.17. The van der Waals surface area contributed by atoms with Crippen molar-refractivity contribution in [1.29, 1.82) is 0 Å². The highest BCUT2D eigenvalue weighted by atomic mass is 32.1. The Kier molecular flexibility index (Phi) is 5.34. The Hall–Kier alpha value is -2.80. The standard InChI is InChI=1S/C21H23N5OS/c1-14-5-6-16(10-15(14)2)18-13-28-21(24-18)25-20(27)17-4-3-9-26(12-17)19-11-22-7-8-23-19/h5-8,10-11,13,17H,3-4,9,12H2,1-2H3,(H,24,25,27). The minimum Gasteiger partial charge on any atom is -0.355 e. The first-order valence-corrected chi connectivity index (χ1v) is 10.3. The third-order valence-electron chi connectivity index (χ3n) is 5.20. The van der Waals surface area contributed by atoms with Crippen LogP contribution in [0.3, 0.4) is 0 Å². The molecule has 1 atom stereocenters. The highest BCUT2D eigenvalue weighted by Crippen LogP contribution is 2.28. The molecule has 144 valence electrons. The maximum atomic E-state index is 12.8. The molecule has 1 aliphatic rings. The Morgan fingerprint density at radius 1 is 1.25 bits per heavy atom. The summed E-state index contributed by atoms with van der Waals surface area (Å²) in [6.45, 7) is 5.75. The number of nitrogens with zero attached hydrogens (tertiary/aromatic N) is 4. The molecule has 1 aliphatic heterocycles. The molecule has 0 spiro atoms. The monoisotopic (exact) mass is 393 g/mol. The summed E-state index contributed by atoms with van der Waals surface area (Å²) in [7, 11) is 0. The minimum atomic E-state index is -0.0790. The molecule has 4 rings (SSSR count). The van der Waals surface area contributed by atoms with E-state index < -0.39 is 0 Å². The Bertz CT molecular complexity index is 972. The summed E-state index contributed by atoms with van der Waals surface area (Å²) in [4.78, 5) is 28.0. The van der Waals surface area contributed by atoms with Gasteiger partial charge in [-0.25, -0.2) is 9.97 Å². The van der Waals surface area contributed by atoms with Gasteiger partial charge in [-0.2, -0.15) is 0 Å². The predicted molar refractivity (Wildman–Crippen MR) is 113 cm³/mol. The van der Waals surface area contributed by atoms with E-state index in [0.29, 0.717) is 11.7 Å². The van der Waals surface area contributed by atoms with Crippen LogP contribution in [0.15, 0.2) is 42.2 Å². The number of nitrogens with one attached hydrogen (secondary N) is 1. The molecule has 28 heavy (non-hydrogen) atoms. The van der Waals surface area contributed by atoms with E-state index in [1.165, 1.54) is 22.5 Å². The fourth-order valence-corrected chi connectivity index (χ4v) is 4.15. The summed E-state index contributed by atoms with van der Waals surface area (Å²) >= 11 is 1.46. The first-order valence-electron chi connectivity index (χ1n) is 9.45. The molecular formula is C21H23N5OS. The topological polar surface area (TPSA) is 71.0 Å². The quantitative estimate of drug-likeness (QED) is 0.723. The molecule has 1 unspecified atom stereocenters. The molecule has 1 N–H and O–H groups in total. The van der Waals surface area contributed by atoms with Gasteiger partial charge in [0.1, 0.15) is 5.82 Å². The van der Waals surface area contributed by atoms with E-state index in [-0.39, 0.29) is 11.8 Å². The number of benzene rings is 1. The maximum Gasteiger partial charge on any atom is 0.231 e. The SMILES string of the molecule is Cc1ccc(-c2csc(NC(=O)C3CCCN(c4cnccn4)C3)n2)cc1C. The van der Waals surface area contributed by atoms with Crippen molar-refractivity contribution in [2.45, 2.75) is 26.7 Å². The van der Waals surface area contributed by atoms with Crippen molar-refractivity contribution in [3.8, 4) is 11.3 Å². The van der Waals surface area contributed by atoms with Gasteiger partial charge in [0.05, 0.1) is 17.8 Å². The molecule has 6 nitrogen and oxygen atoms in total. The number of thiazole rings is 1. The number of hydrogen-bond donors (Lipinski definition) is 1. The van der Waals surface area contributed by atoms with Crippen LogP contribution >= 0.6 is 11.3 Å². The molecule has 1 aromatic carbocycles. The lowest BCUT2D eigenvalue weighted by Gasteiger charge is -2.32. The Morgan fingerprint density at radius 3 is 2.93 bits per heavy atom. The van der Waals surface area contributed by atoms with Crippen LogP contribution in [0.4, 0.5) is 10.9 Å². The largest absolute Gasteiger partial charge is 0.355 e. The number of aryl methyl sites for hydroxylation is 2. The highest BCUT2D eigenvalue weighted by Gasteiger charge is 2.27. The van der Waals surface area contributed by atoms with Gasteiger partial charge in [-0.3, -0.25) is 9.78 Å². The van der Waals surface area contributed by atoms with Crippen LogP contribution < -0.4 is 10.2 Å². The van der Waals surface area contributed by atoms with Gasteiger partial charge in [-0.05, 0) is 43.9 Å². The summed E-state index contributed by atoms with van der Waals surface area (Å²) < 4.78 is 0. The summed E-state index contributed by atoms with van der Waals surface area (Å²) in [6, 6.07) is 6.31. The maximum absolute atomic E-state index is 12.8. The van der Waals surface area contributed by atoms with Crippen LogP contribution in [0.1, 0.15) is 24.0 Å². The predicted octanol–water partition coefficient (Wildman–Crippen LogP) is 4.07. The minimum absolute atomic E-state index is 0.0228. The fourth-order valence-electron chi connectivity index (χ4n) is 3.43. The van der Waals surface area contributed by atoms with Gasteiger partial charge in [-0.1, -0.05) is 12.1 Å². The van der Waals surface area contributed by atoms with Gasteiger partial charge in [0.25, 0.3) is 0 Å². The van der Waals surface area contributed by atoms with E-state index >= 15 is 0 Å². The van der Waals surface area contributed by atoms with Crippen molar-refractivity contribution in [1.82, 2.24) is 15.0 Å². The van der Waals surface area contributed by atoms with Gasteiger partial charge in [0, 0.05) is 36.4 Å². The zero-order chi connectivity index (χ0) is 19.5. The van der Waals surface area contributed by atoms with Gasteiger partial charge in [0.15, 0.2) is 5.13 Å². The number of rotatable bonds is 4. The van der Waals surface area contributed by atoms with Crippen LogP contribution in [-0.4, -0.2) is 33.9 Å². The number of carbonyl (C=O) groups excluding carboxylic acids is 1. The first-order chi connectivity index (χ1) is 13.6. The van der Waals surface area contributed by atoms with Crippen LogP contribution in [0.5, 0.6) is 0 Å². The fraction of sp³-hybridized carbons (Fsp3) is 0.333. The van der Waals surface area contributed by atoms with Crippen molar-refractivity contribution in [3.63, 3.8) is 0 Å². The van der Waals surface area contributed by atoms with E-state index in [1.807, 2.05) is 5.38 Å². The summed E-state index contributed by atoms with van der Waals surface area (Å²) in [6.07, 6.45) is 6.92. The zero-order valence-corrected chi connectivity index (χ0v) is 16.9. The van der Waals surface area contributed by atoms with Gasteiger partial charge >= 0.3 is 0 Å². The van der Waals surface area contributed by atoms with Crippen molar-refractivity contribution in [3.05, 3.63) is 53.3 Å². The van der Waals surface area contributed by atoms with Crippen LogP contribution in [-0.2, 0) is 4.79 Å². The summed E-state index contributed by atoms with van der Waals surface area (Å²) in [5, 5.41) is 5.65. The lowest BCUT2D eigenvalue weighted by molar-refractivity contribution is -0.120. The van der Waals surface area contributed by atoms with Gasteiger partial charge < -0.3 is 10.2 Å². The van der Waals surface area contributed by atoms with Crippen molar-refractivity contribution < 1.29 is 4.79 Å². The molecule has 3 aromatic rings. The van der Waals surface area contributed by atoms with Crippen molar-refractivity contribution in [2.75, 3.05) is 23.3 Å². The number of aromatic nitrogens is 3. The van der Waals surface area contributed by atoms with E-state index in [0.717, 1.165) is 36.5 Å². The zero-order valence-electron chi connectivity index (χ0n) is 16.1. The molecular weight excluding hydrogens is 370 g/mol. The van der Waals surface area contributed by atoms with E-state index in [9.17, 15) is 4.79 Å². The van der Waals surface area contributed by atoms with Gasteiger partial charge in [0.2, 0.25) is 5.91 Å². The van der Waals surface area contributed by atoms with Crippen LogP contribution in [0.2, 0.25) is 0 Å². The lowest BCUT2D eigenvalue weighted by Crippen LogP contribution is -2.41. The highest BCUT2D eigenvalue weighted by molar-refractivity contribution is 7.14. The molecule has 2 aromatic heterocycles. The second kappa shape index (κ2) is 8.06. The Labute approximate surface area is 168 Å². The molecule has 0 bridgehead atoms. The second-order valence-corrected chi connectivity index (χ2v) is 8.03. The van der Waals surface area contributed by atoms with Crippen molar-refractivity contribution >= 4 is 28.2 Å². The Morgan fingerprint density at radius 2 is 2.14 bits per heavy atom. The van der Waals surface area contributed by atoms with Gasteiger partial charge in [-0.15, -0.1) is 11.3 Å². The average molecular weight is 394 g/mol. The van der Waals surface area contributed by atoms with Crippen LogP contribution in [0, 0.1) is 19.8 Å². The number of piperidine rings is 1. The lowest BCUT2D eigenvalue weighted by atomic mass is 9.97. The third kappa shape index (κ3) is 4.04. The Balaban J connectivity index is 1.42. The summed E-state index contributed by atoms with van der Waals surface area (Å²) in [5.74, 6) is 0.769. The molecule has 0 radical (unpaired) electrons. The first kappa shape index (κ1) is 18.6. The normalized spacial score (nSPS) is 16.8. The number of anilines is 2. The molecule has 1 saturated heterocycles. The molecule has 0 saturated carbocycles. The van der Waals surface area contributed by atoms with Crippen molar-refractivity contribution in [2.24, 2.45) is 5.92 Å². The number of amides is 1. The number of hydrogen-bond acceptors (Lipinski definition) is 6. The molecule has 7 heteroatoms. The molecule has 1 fully saturated rings. The smallest absolute Gasteiger partial charge is 0.231 e.